The van der Waals surface area contributed by atoms with Crippen LogP contribution in [0.1, 0.15) is 39.7 Å². The number of pyridine rings is 1. The Morgan fingerprint density at radius 3 is 2.68 bits per heavy atom. The SMILES string of the molecule is COc1ccc(Cn2nnnc2C(c2cc3c(C)cc(C)cc3[nH]c2=O)N2CCc3ccccc32)cc1. The highest BCUT2D eigenvalue weighted by Crippen LogP contribution is 2.37. The van der Waals surface area contributed by atoms with E-state index in [2.05, 4.69) is 56.6 Å². The lowest BCUT2D eigenvalue weighted by atomic mass is 10.00. The van der Waals surface area contributed by atoms with E-state index < -0.39 is 6.04 Å². The van der Waals surface area contributed by atoms with Gasteiger partial charge >= 0.3 is 0 Å². The van der Waals surface area contributed by atoms with E-state index >= 15 is 0 Å². The van der Waals surface area contributed by atoms with Gasteiger partial charge in [-0.25, -0.2) is 4.68 Å². The molecule has 0 bridgehead atoms. The average molecular weight is 493 g/mol. The number of fused-ring (bicyclic) bond motifs is 2. The van der Waals surface area contributed by atoms with E-state index in [1.165, 1.54) is 5.56 Å². The molecule has 0 radical (unpaired) electrons. The highest BCUT2D eigenvalue weighted by atomic mass is 16.5. The number of methoxy groups -OCH3 is 1. The fourth-order valence-electron chi connectivity index (χ4n) is 5.39. The van der Waals surface area contributed by atoms with E-state index in [4.69, 9.17) is 4.74 Å². The predicted octanol–water partition coefficient (Wildman–Crippen LogP) is 4.34. The van der Waals surface area contributed by atoms with Crippen LogP contribution in [0.2, 0.25) is 0 Å². The number of hydrogen-bond acceptors (Lipinski definition) is 6. The van der Waals surface area contributed by atoms with Crippen molar-refractivity contribution in [3.63, 3.8) is 0 Å². The molecule has 0 fully saturated rings. The van der Waals surface area contributed by atoms with E-state index in [1.807, 2.05) is 49.4 Å². The Labute approximate surface area is 214 Å². The van der Waals surface area contributed by atoms with E-state index in [0.29, 0.717) is 17.9 Å². The minimum absolute atomic E-state index is 0.133. The molecule has 0 spiro atoms. The number of nitrogens with one attached hydrogen (secondary N) is 1. The molecule has 8 heteroatoms. The van der Waals surface area contributed by atoms with Crippen LogP contribution in [0.4, 0.5) is 5.69 Å². The van der Waals surface area contributed by atoms with Crippen LogP contribution in [0.15, 0.2) is 71.5 Å². The highest BCUT2D eigenvalue weighted by Gasteiger charge is 2.34. The van der Waals surface area contributed by atoms with Gasteiger partial charge in [-0.2, -0.15) is 0 Å². The number of para-hydroxylation sites is 1. The second kappa shape index (κ2) is 9.20. The number of nitrogens with zero attached hydrogens (tertiary/aromatic N) is 5. The van der Waals surface area contributed by atoms with Gasteiger partial charge in [-0.3, -0.25) is 4.79 Å². The molecular formula is C29H28N6O2. The van der Waals surface area contributed by atoms with Crippen LogP contribution in [-0.2, 0) is 13.0 Å². The maximum atomic E-state index is 13.6. The summed E-state index contributed by atoms with van der Waals surface area (Å²) >= 11 is 0. The molecule has 0 saturated carbocycles. The van der Waals surface area contributed by atoms with Crippen molar-refractivity contribution in [2.75, 3.05) is 18.6 Å². The zero-order chi connectivity index (χ0) is 25.5. The first-order valence-corrected chi connectivity index (χ1v) is 12.4. The normalized spacial score (nSPS) is 13.6. The Hall–Kier alpha value is -4.46. The molecule has 1 aliphatic heterocycles. The van der Waals surface area contributed by atoms with Gasteiger partial charge in [0.05, 0.1) is 13.7 Å². The number of hydrogen-bond donors (Lipinski definition) is 1. The van der Waals surface area contributed by atoms with Gasteiger partial charge in [0.15, 0.2) is 5.82 Å². The van der Waals surface area contributed by atoms with E-state index in [-0.39, 0.29) is 5.56 Å². The highest BCUT2D eigenvalue weighted by molar-refractivity contribution is 5.83. The molecule has 37 heavy (non-hydrogen) atoms. The molecule has 0 aliphatic carbocycles. The first-order chi connectivity index (χ1) is 18.0. The molecule has 2 aromatic heterocycles. The van der Waals surface area contributed by atoms with Crippen molar-refractivity contribution >= 4 is 16.6 Å². The molecule has 3 aromatic carbocycles. The molecule has 3 heterocycles. The third-order valence-electron chi connectivity index (χ3n) is 7.17. The summed E-state index contributed by atoms with van der Waals surface area (Å²) in [7, 11) is 1.65. The number of aromatic amines is 1. The molecule has 0 amide bonds. The summed E-state index contributed by atoms with van der Waals surface area (Å²) in [4.78, 5) is 19.0. The number of aryl methyl sites for hydroxylation is 2. The summed E-state index contributed by atoms with van der Waals surface area (Å²) in [5.74, 6) is 1.42. The van der Waals surface area contributed by atoms with E-state index in [9.17, 15) is 4.79 Å². The van der Waals surface area contributed by atoms with Crippen molar-refractivity contribution in [3.8, 4) is 5.75 Å². The summed E-state index contributed by atoms with van der Waals surface area (Å²) < 4.78 is 7.09. The van der Waals surface area contributed by atoms with Crippen LogP contribution in [0.25, 0.3) is 10.9 Å². The Kier molecular flexibility index (Phi) is 5.71. The van der Waals surface area contributed by atoms with E-state index in [0.717, 1.165) is 52.0 Å². The van der Waals surface area contributed by atoms with Gasteiger partial charge in [-0.05, 0) is 83.3 Å². The molecule has 6 rings (SSSR count). The van der Waals surface area contributed by atoms with Gasteiger partial charge in [0.2, 0.25) is 0 Å². The number of anilines is 1. The van der Waals surface area contributed by atoms with Crippen molar-refractivity contribution in [2.45, 2.75) is 32.9 Å². The maximum Gasteiger partial charge on any atom is 0.254 e. The molecule has 0 saturated heterocycles. The van der Waals surface area contributed by atoms with Crippen molar-refractivity contribution in [1.82, 2.24) is 25.2 Å². The summed E-state index contributed by atoms with van der Waals surface area (Å²) in [6.45, 7) is 5.35. The monoisotopic (exact) mass is 492 g/mol. The molecular weight excluding hydrogens is 464 g/mol. The fraction of sp³-hybridized carbons (Fsp3) is 0.241. The first kappa shape index (κ1) is 23.0. The van der Waals surface area contributed by atoms with Crippen molar-refractivity contribution < 1.29 is 4.74 Å². The zero-order valence-corrected chi connectivity index (χ0v) is 21.1. The second-order valence-corrected chi connectivity index (χ2v) is 9.61. The van der Waals surface area contributed by atoms with Crippen molar-refractivity contribution in [2.24, 2.45) is 0 Å². The molecule has 8 nitrogen and oxygen atoms in total. The van der Waals surface area contributed by atoms with Crippen molar-refractivity contribution in [3.05, 3.63) is 111 Å². The predicted molar refractivity (Wildman–Crippen MR) is 143 cm³/mol. The van der Waals surface area contributed by atoms with Gasteiger partial charge in [-0.1, -0.05) is 36.4 Å². The van der Waals surface area contributed by atoms with Crippen LogP contribution in [-0.4, -0.2) is 38.8 Å². The Bertz CT molecular complexity index is 1650. The minimum atomic E-state index is -0.453. The second-order valence-electron chi connectivity index (χ2n) is 9.61. The third kappa shape index (κ3) is 4.14. The van der Waals surface area contributed by atoms with Crippen LogP contribution < -0.4 is 15.2 Å². The summed E-state index contributed by atoms with van der Waals surface area (Å²) in [5.41, 5.74) is 6.95. The third-order valence-corrected chi connectivity index (χ3v) is 7.17. The number of rotatable bonds is 6. The van der Waals surface area contributed by atoms with Crippen LogP contribution in [0, 0.1) is 13.8 Å². The molecule has 1 aliphatic rings. The lowest BCUT2D eigenvalue weighted by molar-refractivity contribution is 0.414. The number of H-pyrrole nitrogens is 1. The smallest absolute Gasteiger partial charge is 0.254 e. The molecule has 1 atom stereocenters. The molecule has 5 aromatic rings. The van der Waals surface area contributed by atoms with Gasteiger partial charge in [0.25, 0.3) is 5.56 Å². The molecule has 1 N–H and O–H groups in total. The Balaban J connectivity index is 1.51. The van der Waals surface area contributed by atoms with Gasteiger partial charge < -0.3 is 14.6 Å². The largest absolute Gasteiger partial charge is 0.497 e. The van der Waals surface area contributed by atoms with Crippen molar-refractivity contribution in [1.29, 1.82) is 0 Å². The number of tetrazole rings is 1. The number of ether oxygens (including phenoxy) is 1. The topological polar surface area (TPSA) is 88.9 Å². The summed E-state index contributed by atoms with van der Waals surface area (Å²) in [5, 5.41) is 13.9. The van der Waals surface area contributed by atoms with E-state index in [1.54, 1.807) is 11.8 Å². The Morgan fingerprint density at radius 1 is 1.05 bits per heavy atom. The lowest BCUT2D eigenvalue weighted by Crippen LogP contribution is -2.34. The fourth-order valence-corrected chi connectivity index (χ4v) is 5.39. The quantitative estimate of drug-likeness (QED) is 0.379. The summed E-state index contributed by atoms with van der Waals surface area (Å²) in [6, 6.07) is 21.9. The number of aromatic nitrogens is 5. The van der Waals surface area contributed by atoms with Crippen LogP contribution in [0.5, 0.6) is 5.75 Å². The lowest BCUT2D eigenvalue weighted by Gasteiger charge is -2.29. The standard InChI is InChI=1S/C29H28N6O2/c1-18-14-19(2)23-16-24(29(36)30-25(23)15-18)27(34-13-12-21-6-4-5-7-26(21)34)28-31-32-33-35(28)17-20-8-10-22(37-3)11-9-20/h4-11,14-16,27H,12-13,17H2,1-3H3,(H,30,36). The molecule has 1 unspecified atom stereocenters. The van der Waals surface area contributed by atoms with Gasteiger partial charge in [-0.15, -0.1) is 5.10 Å². The zero-order valence-electron chi connectivity index (χ0n) is 21.1. The van der Waals surface area contributed by atoms with Crippen LogP contribution in [0.3, 0.4) is 0 Å². The molecule has 186 valence electrons. The van der Waals surface area contributed by atoms with Gasteiger partial charge in [0, 0.05) is 28.7 Å². The summed E-state index contributed by atoms with van der Waals surface area (Å²) in [6.07, 6.45) is 0.899. The number of benzene rings is 3. The van der Waals surface area contributed by atoms with Gasteiger partial charge in [0.1, 0.15) is 11.8 Å². The van der Waals surface area contributed by atoms with Crippen LogP contribution >= 0.6 is 0 Å². The minimum Gasteiger partial charge on any atom is -0.497 e. The first-order valence-electron chi connectivity index (χ1n) is 12.4. The Morgan fingerprint density at radius 2 is 1.86 bits per heavy atom. The maximum absolute atomic E-state index is 13.6. The average Bonchev–Trinajstić information content (AvgIpc) is 3.53.